The van der Waals surface area contributed by atoms with E-state index in [0.29, 0.717) is 41.0 Å². The number of ether oxygens (including phenoxy) is 2. The molecule has 172 valence electrons. The van der Waals surface area contributed by atoms with Crippen LogP contribution in [0.25, 0.3) is 0 Å². The van der Waals surface area contributed by atoms with Crippen molar-refractivity contribution in [2.75, 3.05) is 23.3 Å². The number of benzene rings is 3. The first kappa shape index (κ1) is 22.9. The van der Waals surface area contributed by atoms with E-state index in [-0.39, 0.29) is 16.1 Å². The maximum atomic E-state index is 13.4. The molecule has 0 aromatic heterocycles. The van der Waals surface area contributed by atoms with E-state index >= 15 is 0 Å². The zero-order valence-corrected chi connectivity index (χ0v) is 19.1. The Labute approximate surface area is 195 Å². The van der Waals surface area contributed by atoms with E-state index in [1.54, 1.807) is 12.1 Å². The first-order chi connectivity index (χ1) is 15.7. The number of rotatable bonds is 5. The summed E-state index contributed by atoms with van der Waals surface area (Å²) in [5.74, 6) is 0.0874. The number of nitrogens with one attached hydrogen (secondary N) is 2. The van der Waals surface area contributed by atoms with Crippen LogP contribution in [0.2, 0.25) is 5.02 Å². The minimum absolute atomic E-state index is 0.0627. The fourth-order valence-electron chi connectivity index (χ4n) is 3.16. The number of amides is 1. The second-order valence-corrected chi connectivity index (χ2v) is 9.47. The minimum atomic E-state index is -3.91. The molecule has 1 aliphatic rings. The van der Waals surface area contributed by atoms with Gasteiger partial charge >= 0.3 is 0 Å². The second kappa shape index (κ2) is 9.29. The lowest BCUT2D eigenvalue weighted by molar-refractivity contribution is 0.102. The maximum Gasteiger partial charge on any atom is 0.261 e. The summed E-state index contributed by atoms with van der Waals surface area (Å²) in [4.78, 5) is 12.6. The zero-order chi connectivity index (χ0) is 23.6. The normalized spacial score (nSPS) is 13.2. The number of carbonyl (C=O) groups excluding carboxylic acids is 1. The molecule has 4 rings (SSSR count). The van der Waals surface area contributed by atoms with Crippen LogP contribution < -0.4 is 19.5 Å². The molecule has 1 aliphatic heterocycles. The van der Waals surface area contributed by atoms with Crippen LogP contribution in [0, 0.1) is 12.7 Å². The van der Waals surface area contributed by atoms with E-state index in [4.69, 9.17) is 21.1 Å². The van der Waals surface area contributed by atoms with Crippen molar-refractivity contribution < 1.29 is 27.1 Å². The predicted molar refractivity (Wildman–Crippen MR) is 123 cm³/mol. The van der Waals surface area contributed by atoms with Gasteiger partial charge in [-0.3, -0.25) is 9.52 Å². The molecule has 0 atom stereocenters. The second-order valence-electron chi connectivity index (χ2n) is 7.38. The Morgan fingerprint density at radius 2 is 1.67 bits per heavy atom. The number of aryl methyl sites for hydroxylation is 1. The van der Waals surface area contributed by atoms with Gasteiger partial charge in [-0.05, 0) is 55.0 Å². The Morgan fingerprint density at radius 1 is 1.00 bits per heavy atom. The predicted octanol–water partition coefficient (Wildman–Crippen LogP) is 5.00. The molecule has 2 N–H and O–H groups in total. The lowest BCUT2D eigenvalue weighted by Crippen LogP contribution is -2.14. The number of halogens is 2. The first-order valence-electron chi connectivity index (χ1n) is 10.0. The standard InChI is InChI=1S/C23H20ClFN2O5S/c1-14-11-17(7-8-19(14)25)33(29,30)27-16-5-3-15(4-6-16)23(28)26-20-13-22-21(12-18(20)24)31-9-2-10-32-22/h3-8,11-13,27H,2,9-10H2,1H3,(H,26,28). The van der Waals surface area contributed by atoms with Gasteiger partial charge in [0.25, 0.3) is 15.9 Å². The van der Waals surface area contributed by atoms with Gasteiger partial charge in [-0.1, -0.05) is 11.6 Å². The fraction of sp³-hybridized carbons (Fsp3) is 0.174. The van der Waals surface area contributed by atoms with Crippen LogP contribution in [0.15, 0.2) is 59.5 Å². The van der Waals surface area contributed by atoms with Gasteiger partial charge in [-0.25, -0.2) is 12.8 Å². The van der Waals surface area contributed by atoms with Crippen LogP contribution >= 0.6 is 11.6 Å². The lowest BCUT2D eigenvalue weighted by atomic mass is 10.2. The Kier molecular flexibility index (Phi) is 6.44. The third-order valence-corrected chi connectivity index (χ3v) is 6.62. The first-order valence-corrected chi connectivity index (χ1v) is 11.9. The number of hydrogen-bond donors (Lipinski definition) is 2. The van der Waals surface area contributed by atoms with E-state index in [9.17, 15) is 17.6 Å². The monoisotopic (exact) mass is 490 g/mol. The molecule has 3 aromatic carbocycles. The summed E-state index contributed by atoms with van der Waals surface area (Å²) in [6.45, 7) is 2.50. The third-order valence-electron chi connectivity index (χ3n) is 4.92. The van der Waals surface area contributed by atoms with Crippen molar-refractivity contribution in [1.82, 2.24) is 0 Å². The highest BCUT2D eigenvalue weighted by Crippen LogP contribution is 2.37. The molecule has 0 fully saturated rings. The quantitative estimate of drug-likeness (QED) is 0.525. The molecule has 3 aromatic rings. The molecule has 0 saturated heterocycles. The molecule has 0 aliphatic carbocycles. The number of hydrogen-bond acceptors (Lipinski definition) is 5. The summed E-state index contributed by atoms with van der Waals surface area (Å²) in [7, 11) is -3.91. The van der Waals surface area contributed by atoms with Gasteiger partial charge in [0.2, 0.25) is 0 Å². The van der Waals surface area contributed by atoms with Crippen LogP contribution in [-0.2, 0) is 10.0 Å². The Morgan fingerprint density at radius 3 is 2.33 bits per heavy atom. The SMILES string of the molecule is Cc1cc(S(=O)(=O)Nc2ccc(C(=O)Nc3cc4c(cc3Cl)OCCCO4)cc2)ccc1F. The molecule has 0 radical (unpaired) electrons. The Bertz CT molecular complexity index is 1310. The summed E-state index contributed by atoms with van der Waals surface area (Å²) in [5.41, 5.74) is 1.13. The largest absolute Gasteiger partial charge is 0.490 e. The Balaban J connectivity index is 1.47. The topological polar surface area (TPSA) is 93.7 Å². The van der Waals surface area contributed by atoms with Crippen LogP contribution in [-0.4, -0.2) is 27.5 Å². The average molecular weight is 491 g/mol. The van der Waals surface area contributed by atoms with Gasteiger partial charge in [0, 0.05) is 29.8 Å². The van der Waals surface area contributed by atoms with Gasteiger partial charge < -0.3 is 14.8 Å². The van der Waals surface area contributed by atoms with Crippen molar-refractivity contribution in [3.8, 4) is 11.5 Å². The number of fused-ring (bicyclic) bond motifs is 1. The van der Waals surface area contributed by atoms with Gasteiger partial charge in [-0.15, -0.1) is 0 Å². The van der Waals surface area contributed by atoms with E-state index in [1.807, 2.05) is 0 Å². The van der Waals surface area contributed by atoms with Crippen LogP contribution in [0.5, 0.6) is 11.5 Å². The number of anilines is 2. The van der Waals surface area contributed by atoms with Crippen molar-refractivity contribution >= 4 is 38.9 Å². The summed E-state index contributed by atoms with van der Waals surface area (Å²) < 4.78 is 52.2. The van der Waals surface area contributed by atoms with E-state index in [0.717, 1.165) is 12.5 Å². The van der Waals surface area contributed by atoms with Gasteiger partial charge in [-0.2, -0.15) is 0 Å². The molecule has 33 heavy (non-hydrogen) atoms. The molecular formula is C23H20ClFN2O5S. The van der Waals surface area contributed by atoms with Gasteiger partial charge in [0.15, 0.2) is 11.5 Å². The number of sulfonamides is 1. The summed E-state index contributed by atoms with van der Waals surface area (Å²) in [5, 5.41) is 3.02. The molecule has 0 bridgehead atoms. The molecule has 0 spiro atoms. The van der Waals surface area contributed by atoms with Crippen LogP contribution in [0.4, 0.5) is 15.8 Å². The summed E-state index contributed by atoms with van der Waals surface area (Å²) in [6.07, 6.45) is 0.741. The average Bonchev–Trinajstić information content (AvgIpc) is 3.01. The van der Waals surface area contributed by atoms with E-state index < -0.39 is 21.7 Å². The van der Waals surface area contributed by atoms with Gasteiger partial charge in [0.1, 0.15) is 5.82 Å². The van der Waals surface area contributed by atoms with Crippen molar-refractivity contribution in [3.05, 3.63) is 76.6 Å². The number of carbonyl (C=O) groups is 1. The highest BCUT2D eigenvalue weighted by molar-refractivity contribution is 7.92. The van der Waals surface area contributed by atoms with E-state index in [1.165, 1.54) is 43.3 Å². The third kappa shape index (κ3) is 5.20. The Hall–Kier alpha value is -3.30. The van der Waals surface area contributed by atoms with Crippen molar-refractivity contribution in [3.63, 3.8) is 0 Å². The zero-order valence-electron chi connectivity index (χ0n) is 17.5. The van der Waals surface area contributed by atoms with Crippen molar-refractivity contribution in [1.29, 1.82) is 0 Å². The summed E-state index contributed by atoms with van der Waals surface area (Å²) in [6, 6.07) is 12.6. The minimum Gasteiger partial charge on any atom is -0.490 e. The van der Waals surface area contributed by atoms with Crippen molar-refractivity contribution in [2.45, 2.75) is 18.2 Å². The molecule has 1 heterocycles. The maximum absolute atomic E-state index is 13.4. The smallest absolute Gasteiger partial charge is 0.261 e. The highest BCUT2D eigenvalue weighted by atomic mass is 35.5. The summed E-state index contributed by atoms with van der Waals surface area (Å²) >= 11 is 6.27. The molecule has 10 heteroatoms. The fourth-order valence-corrected chi connectivity index (χ4v) is 4.51. The van der Waals surface area contributed by atoms with Crippen LogP contribution in [0.1, 0.15) is 22.3 Å². The molecule has 0 unspecified atom stereocenters. The van der Waals surface area contributed by atoms with Crippen LogP contribution in [0.3, 0.4) is 0 Å². The molecule has 1 amide bonds. The van der Waals surface area contributed by atoms with Gasteiger partial charge in [0.05, 0.1) is 28.8 Å². The molecular weight excluding hydrogens is 471 g/mol. The van der Waals surface area contributed by atoms with E-state index in [2.05, 4.69) is 10.0 Å². The molecule has 7 nitrogen and oxygen atoms in total. The highest BCUT2D eigenvalue weighted by Gasteiger charge is 2.18. The molecule has 0 saturated carbocycles. The lowest BCUT2D eigenvalue weighted by Gasteiger charge is -2.13. The van der Waals surface area contributed by atoms with Crippen molar-refractivity contribution in [2.24, 2.45) is 0 Å².